The maximum atomic E-state index is 12.1. The first-order valence-electron chi connectivity index (χ1n) is 4.94. The fourth-order valence-electron chi connectivity index (χ4n) is 1.29. The molecule has 1 atom stereocenters. The van der Waals surface area contributed by atoms with E-state index in [9.17, 15) is 4.79 Å². The zero-order chi connectivity index (χ0) is 12.1. The third-order valence-electron chi connectivity index (χ3n) is 2.38. The maximum Gasteiger partial charge on any atom is 0.256 e. The number of methoxy groups -OCH3 is 1. The Kier molecular flexibility index (Phi) is 4.89. The van der Waals surface area contributed by atoms with Crippen molar-refractivity contribution >= 4 is 21.8 Å². The van der Waals surface area contributed by atoms with E-state index in [1.165, 1.54) is 0 Å². The Morgan fingerprint density at radius 2 is 2.38 bits per heavy atom. The number of carbonyl (C=O) groups is 1. The van der Waals surface area contributed by atoms with Gasteiger partial charge in [0.2, 0.25) is 0 Å². The number of carbonyl (C=O) groups excluding carboxylic acids is 1. The maximum absolute atomic E-state index is 12.1. The molecular weight excluding hydrogens is 272 g/mol. The molecule has 1 aromatic rings. The molecule has 0 aliphatic carbocycles. The second kappa shape index (κ2) is 5.96. The summed E-state index contributed by atoms with van der Waals surface area (Å²) in [7, 11) is 3.38. The van der Waals surface area contributed by atoms with Crippen LogP contribution in [0.4, 0.5) is 0 Å². The number of amides is 1. The van der Waals surface area contributed by atoms with E-state index in [1.54, 1.807) is 37.4 Å². The Labute approximate surface area is 104 Å². The van der Waals surface area contributed by atoms with E-state index >= 15 is 0 Å². The Hall–Kier alpha value is -0.940. The van der Waals surface area contributed by atoms with Crippen molar-refractivity contribution in [3.8, 4) is 0 Å². The van der Waals surface area contributed by atoms with Crippen LogP contribution in [0.2, 0.25) is 0 Å². The quantitative estimate of drug-likeness (QED) is 0.795. The van der Waals surface area contributed by atoms with Gasteiger partial charge in [0, 0.05) is 20.4 Å². The molecule has 1 amide bonds. The van der Waals surface area contributed by atoms with Crippen molar-refractivity contribution in [2.24, 2.45) is 0 Å². The minimum Gasteiger partial charge on any atom is -0.383 e. The van der Waals surface area contributed by atoms with Crippen molar-refractivity contribution in [1.29, 1.82) is 0 Å². The van der Waals surface area contributed by atoms with Crippen LogP contribution >= 0.6 is 15.9 Å². The lowest BCUT2D eigenvalue weighted by Gasteiger charge is -2.24. The fourth-order valence-corrected chi connectivity index (χ4v) is 1.71. The van der Waals surface area contributed by atoms with E-state index in [0.29, 0.717) is 16.8 Å². The predicted molar refractivity (Wildman–Crippen MR) is 65.4 cm³/mol. The van der Waals surface area contributed by atoms with Crippen LogP contribution in [-0.2, 0) is 4.74 Å². The number of ether oxygens (including phenoxy) is 1. The molecule has 88 valence electrons. The van der Waals surface area contributed by atoms with Gasteiger partial charge in [-0.1, -0.05) is 0 Å². The van der Waals surface area contributed by atoms with Crippen LogP contribution in [0.5, 0.6) is 0 Å². The van der Waals surface area contributed by atoms with Crippen molar-refractivity contribution < 1.29 is 9.53 Å². The molecule has 4 nitrogen and oxygen atoms in total. The molecule has 1 aromatic heterocycles. The Bertz CT molecular complexity index is 371. The predicted octanol–water partition coefficient (Wildman–Crippen LogP) is 1.95. The number of likely N-dealkylation sites (N-methyl/N-ethyl adjacent to an activating group) is 1. The van der Waals surface area contributed by atoms with Gasteiger partial charge < -0.3 is 9.64 Å². The summed E-state index contributed by atoms with van der Waals surface area (Å²) in [5, 5.41) is 0. The highest BCUT2D eigenvalue weighted by Gasteiger charge is 2.19. The Morgan fingerprint density at radius 3 is 2.94 bits per heavy atom. The van der Waals surface area contributed by atoms with E-state index < -0.39 is 0 Å². The second-order valence-electron chi connectivity index (χ2n) is 3.56. The highest BCUT2D eigenvalue weighted by atomic mass is 79.9. The summed E-state index contributed by atoms with van der Waals surface area (Å²) >= 11 is 3.26. The number of aromatic nitrogens is 1. The summed E-state index contributed by atoms with van der Waals surface area (Å²) < 4.78 is 5.59. The van der Waals surface area contributed by atoms with Gasteiger partial charge in [-0.2, -0.15) is 0 Å². The van der Waals surface area contributed by atoms with Gasteiger partial charge in [-0.25, -0.2) is 4.98 Å². The van der Waals surface area contributed by atoms with E-state index in [2.05, 4.69) is 20.9 Å². The molecule has 0 saturated carbocycles. The van der Waals surface area contributed by atoms with E-state index in [1.807, 2.05) is 6.92 Å². The summed E-state index contributed by atoms with van der Waals surface area (Å²) in [6, 6.07) is 3.52. The molecule has 0 spiro atoms. The lowest BCUT2D eigenvalue weighted by atomic mass is 10.2. The monoisotopic (exact) mass is 286 g/mol. The van der Waals surface area contributed by atoms with Crippen LogP contribution in [0, 0.1) is 0 Å². The molecule has 0 N–H and O–H groups in total. The van der Waals surface area contributed by atoms with Gasteiger partial charge >= 0.3 is 0 Å². The van der Waals surface area contributed by atoms with E-state index in [0.717, 1.165) is 0 Å². The average Bonchev–Trinajstić information content (AvgIpc) is 2.28. The summed E-state index contributed by atoms with van der Waals surface area (Å²) in [5.74, 6) is -0.0653. The summed E-state index contributed by atoms with van der Waals surface area (Å²) in [5.41, 5.74) is 0.563. The fraction of sp³-hybridized carbons (Fsp3) is 0.455. The molecule has 0 bridgehead atoms. The number of nitrogens with zero attached hydrogens (tertiary/aromatic N) is 2. The summed E-state index contributed by atoms with van der Waals surface area (Å²) in [4.78, 5) is 17.8. The first-order valence-corrected chi connectivity index (χ1v) is 5.73. The first-order chi connectivity index (χ1) is 7.57. The van der Waals surface area contributed by atoms with Gasteiger partial charge in [-0.3, -0.25) is 4.79 Å². The molecule has 0 aliphatic heterocycles. The molecule has 1 rings (SSSR count). The van der Waals surface area contributed by atoms with Crippen LogP contribution in [0.25, 0.3) is 0 Å². The third-order valence-corrected chi connectivity index (χ3v) is 3.01. The first kappa shape index (κ1) is 13.1. The number of hydrogen-bond donors (Lipinski definition) is 0. The molecular formula is C11H15BrN2O2. The Balaban J connectivity index is 2.82. The van der Waals surface area contributed by atoms with Crippen LogP contribution in [0.1, 0.15) is 17.3 Å². The molecule has 1 unspecified atom stereocenters. The molecule has 0 saturated heterocycles. The minimum absolute atomic E-state index is 0.0320. The Morgan fingerprint density at radius 1 is 1.69 bits per heavy atom. The topological polar surface area (TPSA) is 42.4 Å². The number of hydrogen-bond acceptors (Lipinski definition) is 3. The number of pyridine rings is 1. The SMILES string of the molecule is COCC(C)N(C)C(=O)c1cccnc1Br. The molecule has 5 heteroatoms. The van der Waals surface area contributed by atoms with Crippen LogP contribution in [0.15, 0.2) is 22.9 Å². The summed E-state index contributed by atoms with van der Waals surface area (Å²) in [6.07, 6.45) is 1.64. The second-order valence-corrected chi connectivity index (χ2v) is 4.31. The number of rotatable bonds is 4. The van der Waals surface area contributed by atoms with Crippen LogP contribution in [-0.4, -0.2) is 42.6 Å². The standard InChI is InChI=1S/C11H15BrN2O2/c1-8(7-16-3)14(2)11(15)9-5-4-6-13-10(9)12/h4-6,8H,7H2,1-3H3. The molecule has 16 heavy (non-hydrogen) atoms. The molecule has 0 fully saturated rings. The highest BCUT2D eigenvalue weighted by molar-refractivity contribution is 9.10. The highest BCUT2D eigenvalue weighted by Crippen LogP contribution is 2.15. The van der Waals surface area contributed by atoms with Crippen molar-refractivity contribution in [1.82, 2.24) is 9.88 Å². The number of halogens is 1. The molecule has 0 radical (unpaired) electrons. The van der Waals surface area contributed by atoms with Crippen molar-refractivity contribution in [3.63, 3.8) is 0 Å². The minimum atomic E-state index is -0.0653. The van der Waals surface area contributed by atoms with Crippen molar-refractivity contribution in [3.05, 3.63) is 28.5 Å². The van der Waals surface area contributed by atoms with Gasteiger partial charge in [0.15, 0.2) is 0 Å². The lowest BCUT2D eigenvalue weighted by molar-refractivity contribution is 0.0632. The van der Waals surface area contributed by atoms with E-state index in [-0.39, 0.29) is 11.9 Å². The normalized spacial score (nSPS) is 12.2. The van der Waals surface area contributed by atoms with Crippen LogP contribution < -0.4 is 0 Å². The largest absolute Gasteiger partial charge is 0.383 e. The molecule has 0 aromatic carbocycles. The van der Waals surface area contributed by atoms with Crippen LogP contribution in [0.3, 0.4) is 0 Å². The smallest absolute Gasteiger partial charge is 0.256 e. The van der Waals surface area contributed by atoms with Crippen molar-refractivity contribution in [2.45, 2.75) is 13.0 Å². The lowest BCUT2D eigenvalue weighted by Crippen LogP contribution is -2.38. The van der Waals surface area contributed by atoms with Gasteiger partial charge in [0.25, 0.3) is 5.91 Å². The van der Waals surface area contributed by atoms with Gasteiger partial charge in [-0.05, 0) is 35.0 Å². The van der Waals surface area contributed by atoms with E-state index in [4.69, 9.17) is 4.74 Å². The average molecular weight is 287 g/mol. The molecule has 0 aliphatic rings. The van der Waals surface area contributed by atoms with Gasteiger partial charge in [-0.15, -0.1) is 0 Å². The van der Waals surface area contributed by atoms with Crippen molar-refractivity contribution in [2.75, 3.05) is 20.8 Å². The summed E-state index contributed by atoms with van der Waals surface area (Å²) in [6.45, 7) is 2.45. The zero-order valence-electron chi connectivity index (χ0n) is 9.61. The third kappa shape index (κ3) is 3.02. The molecule has 1 heterocycles. The van der Waals surface area contributed by atoms with Gasteiger partial charge in [0.05, 0.1) is 18.2 Å². The zero-order valence-corrected chi connectivity index (χ0v) is 11.2. The van der Waals surface area contributed by atoms with Gasteiger partial charge in [0.1, 0.15) is 4.60 Å².